The van der Waals surface area contributed by atoms with Crippen LogP contribution in [0.15, 0.2) is 48.5 Å². The van der Waals surface area contributed by atoms with Crippen LogP contribution in [-0.4, -0.2) is 67.4 Å². The summed E-state index contributed by atoms with van der Waals surface area (Å²) in [5, 5.41) is 0. The second kappa shape index (κ2) is 10.0. The number of fused-ring (bicyclic) bond motifs is 1. The maximum absolute atomic E-state index is 12.3. The van der Waals surface area contributed by atoms with E-state index < -0.39 is 0 Å². The predicted octanol–water partition coefficient (Wildman–Crippen LogP) is 4.30. The van der Waals surface area contributed by atoms with E-state index in [1.807, 2.05) is 17.0 Å². The summed E-state index contributed by atoms with van der Waals surface area (Å²) in [6.45, 7) is 7.01. The van der Waals surface area contributed by atoms with Crippen molar-refractivity contribution in [1.82, 2.24) is 9.80 Å². The summed E-state index contributed by atoms with van der Waals surface area (Å²) < 4.78 is 17.5. The third kappa shape index (κ3) is 5.44. The standard InChI is InChI=1S/C27H34N2O4/c1-20-7-8-25-26(15-20)33-24(19-31-25)17-28-12-9-21(10-13-28)11-14-29-23(18-32-27(29)30)16-22-5-3-2-4-6-22/h2-8,15,21,23-24H,9-14,16-19H2,1H3/t23-,24-/m0/s1. The molecule has 0 spiro atoms. The molecule has 0 saturated carbocycles. The fourth-order valence-electron chi connectivity index (χ4n) is 5.20. The number of rotatable bonds is 7. The highest BCUT2D eigenvalue weighted by Crippen LogP contribution is 2.33. The van der Waals surface area contributed by atoms with Gasteiger partial charge in [-0.3, -0.25) is 4.90 Å². The van der Waals surface area contributed by atoms with Gasteiger partial charge in [0.05, 0.1) is 6.04 Å². The number of benzene rings is 2. The monoisotopic (exact) mass is 450 g/mol. The van der Waals surface area contributed by atoms with Gasteiger partial charge in [-0.25, -0.2) is 4.79 Å². The topological polar surface area (TPSA) is 51.2 Å². The van der Waals surface area contributed by atoms with Crippen molar-refractivity contribution < 1.29 is 19.0 Å². The van der Waals surface area contributed by atoms with E-state index in [4.69, 9.17) is 14.2 Å². The Morgan fingerprint density at radius 3 is 2.61 bits per heavy atom. The van der Waals surface area contributed by atoms with Crippen molar-refractivity contribution >= 4 is 6.09 Å². The van der Waals surface area contributed by atoms with Crippen molar-refractivity contribution in [3.05, 3.63) is 59.7 Å². The maximum atomic E-state index is 12.3. The van der Waals surface area contributed by atoms with Gasteiger partial charge in [0.1, 0.15) is 19.3 Å². The van der Waals surface area contributed by atoms with Crippen LogP contribution in [0.4, 0.5) is 4.79 Å². The highest BCUT2D eigenvalue weighted by Gasteiger charge is 2.33. The Bertz CT molecular complexity index is 942. The van der Waals surface area contributed by atoms with Gasteiger partial charge in [-0.05, 0) is 74.9 Å². The molecule has 0 N–H and O–H groups in total. The Balaban J connectivity index is 1.06. The van der Waals surface area contributed by atoms with Crippen LogP contribution >= 0.6 is 0 Å². The number of likely N-dealkylation sites (tertiary alicyclic amines) is 1. The number of hydrogen-bond donors (Lipinski definition) is 0. The van der Waals surface area contributed by atoms with Crippen molar-refractivity contribution in [3.8, 4) is 11.5 Å². The van der Waals surface area contributed by atoms with Gasteiger partial charge < -0.3 is 19.1 Å². The molecule has 2 aromatic carbocycles. The predicted molar refractivity (Wildman–Crippen MR) is 127 cm³/mol. The van der Waals surface area contributed by atoms with Crippen molar-refractivity contribution in [2.45, 2.75) is 44.8 Å². The minimum absolute atomic E-state index is 0.0777. The average molecular weight is 451 g/mol. The molecule has 0 radical (unpaired) electrons. The van der Waals surface area contributed by atoms with Crippen LogP contribution in [0.3, 0.4) is 0 Å². The molecule has 0 unspecified atom stereocenters. The Morgan fingerprint density at radius 1 is 0.970 bits per heavy atom. The van der Waals surface area contributed by atoms with Gasteiger partial charge in [0.2, 0.25) is 0 Å². The van der Waals surface area contributed by atoms with Gasteiger partial charge in [-0.2, -0.15) is 0 Å². The summed E-state index contributed by atoms with van der Waals surface area (Å²) in [6.07, 6.45) is 4.15. The molecular weight excluding hydrogens is 416 g/mol. The molecule has 2 aromatic rings. The molecule has 2 atom stereocenters. The van der Waals surface area contributed by atoms with Gasteiger partial charge in [0, 0.05) is 13.1 Å². The molecule has 3 aliphatic rings. The van der Waals surface area contributed by atoms with Gasteiger partial charge >= 0.3 is 6.09 Å². The van der Waals surface area contributed by atoms with Crippen molar-refractivity contribution in [3.63, 3.8) is 0 Å². The van der Waals surface area contributed by atoms with Crippen molar-refractivity contribution in [2.75, 3.05) is 39.4 Å². The summed E-state index contributed by atoms with van der Waals surface area (Å²) >= 11 is 0. The first-order chi connectivity index (χ1) is 16.1. The molecule has 2 saturated heterocycles. The number of cyclic esters (lactones) is 1. The first-order valence-corrected chi connectivity index (χ1v) is 12.2. The van der Waals surface area contributed by atoms with E-state index in [0.717, 1.165) is 63.4 Å². The normalized spacial score (nSPS) is 23.5. The lowest BCUT2D eigenvalue weighted by molar-refractivity contribution is 0.0465. The fraction of sp³-hybridized carbons (Fsp3) is 0.519. The number of nitrogens with zero attached hydrogens (tertiary/aromatic N) is 2. The molecule has 33 heavy (non-hydrogen) atoms. The van der Waals surface area contributed by atoms with Crippen LogP contribution in [0.2, 0.25) is 0 Å². The highest BCUT2D eigenvalue weighted by atomic mass is 16.6. The second-order valence-electron chi connectivity index (χ2n) is 9.65. The molecule has 2 fully saturated rings. The van der Waals surface area contributed by atoms with Gasteiger partial charge in [-0.1, -0.05) is 36.4 Å². The van der Waals surface area contributed by atoms with Crippen LogP contribution in [-0.2, 0) is 11.2 Å². The Hall–Kier alpha value is -2.73. The van der Waals surface area contributed by atoms with E-state index in [0.29, 0.717) is 19.1 Å². The summed E-state index contributed by atoms with van der Waals surface area (Å²) in [5.74, 6) is 2.36. The summed E-state index contributed by atoms with van der Waals surface area (Å²) in [7, 11) is 0. The number of ether oxygens (including phenoxy) is 3. The number of aryl methyl sites for hydroxylation is 1. The Kier molecular flexibility index (Phi) is 6.72. The fourth-order valence-corrected chi connectivity index (χ4v) is 5.20. The van der Waals surface area contributed by atoms with E-state index in [9.17, 15) is 4.79 Å². The average Bonchev–Trinajstić information content (AvgIpc) is 3.18. The zero-order valence-corrected chi connectivity index (χ0v) is 19.4. The van der Waals surface area contributed by atoms with Crippen molar-refractivity contribution in [1.29, 1.82) is 0 Å². The number of carbonyl (C=O) groups is 1. The lowest BCUT2D eigenvalue weighted by Gasteiger charge is -2.36. The number of hydrogen-bond acceptors (Lipinski definition) is 5. The van der Waals surface area contributed by atoms with E-state index in [1.54, 1.807) is 0 Å². The van der Waals surface area contributed by atoms with Gasteiger partial charge in [-0.15, -0.1) is 0 Å². The van der Waals surface area contributed by atoms with Crippen molar-refractivity contribution in [2.24, 2.45) is 5.92 Å². The molecule has 6 nitrogen and oxygen atoms in total. The number of piperidine rings is 1. The lowest BCUT2D eigenvalue weighted by atomic mass is 9.93. The van der Waals surface area contributed by atoms with Gasteiger partial charge in [0.25, 0.3) is 0 Å². The molecule has 0 aliphatic carbocycles. The summed E-state index contributed by atoms with van der Waals surface area (Å²) in [4.78, 5) is 16.7. The van der Waals surface area contributed by atoms with Crippen LogP contribution < -0.4 is 9.47 Å². The Morgan fingerprint density at radius 2 is 1.79 bits per heavy atom. The van der Waals surface area contributed by atoms with E-state index in [2.05, 4.69) is 48.2 Å². The molecule has 176 valence electrons. The third-order valence-electron chi connectivity index (χ3n) is 7.15. The summed E-state index contributed by atoms with van der Waals surface area (Å²) in [6, 6.07) is 16.6. The second-order valence-corrected chi connectivity index (χ2v) is 9.65. The highest BCUT2D eigenvalue weighted by molar-refractivity contribution is 5.70. The minimum atomic E-state index is -0.154. The molecule has 1 amide bonds. The quantitative estimate of drug-likeness (QED) is 0.630. The first-order valence-electron chi connectivity index (χ1n) is 12.2. The maximum Gasteiger partial charge on any atom is 0.410 e. The SMILES string of the molecule is Cc1ccc2c(c1)O[C@@H](CN1CCC(CCN3C(=O)OC[C@@H]3Cc3ccccc3)CC1)CO2. The van der Waals surface area contributed by atoms with E-state index in [-0.39, 0.29) is 18.2 Å². The molecule has 0 bridgehead atoms. The van der Waals surface area contributed by atoms with E-state index >= 15 is 0 Å². The van der Waals surface area contributed by atoms with Crippen LogP contribution in [0.1, 0.15) is 30.4 Å². The summed E-state index contributed by atoms with van der Waals surface area (Å²) in [5.41, 5.74) is 2.44. The Labute approximate surface area is 196 Å². The zero-order chi connectivity index (χ0) is 22.6. The molecular formula is C27H34N2O4. The zero-order valence-electron chi connectivity index (χ0n) is 19.4. The van der Waals surface area contributed by atoms with Crippen LogP contribution in [0.25, 0.3) is 0 Å². The molecule has 3 heterocycles. The first kappa shape index (κ1) is 22.1. The molecule has 3 aliphatic heterocycles. The molecule has 5 rings (SSSR count). The smallest absolute Gasteiger partial charge is 0.410 e. The molecule has 0 aromatic heterocycles. The van der Waals surface area contributed by atoms with Crippen LogP contribution in [0.5, 0.6) is 11.5 Å². The minimum Gasteiger partial charge on any atom is -0.486 e. The van der Waals surface area contributed by atoms with E-state index in [1.165, 1.54) is 11.1 Å². The number of carbonyl (C=O) groups excluding carboxylic acids is 1. The molecule has 6 heteroatoms. The lowest BCUT2D eigenvalue weighted by Crippen LogP contribution is -2.44. The largest absolute Gasteiger partial charge is 0.486 e. The van der Waals surface area contributed by atoms with Crippen LogP contribution in [0, 0.1) is 12.8 Å². The number of amides is 1. The third-order valence-corrected chi connectivity index (χ3v) is 7.15. The van der Waals surface area contributed by atoms with Gasteiger partial charge in [0.15, 0.2) is 11.5 Å².